The molecule has 2 aromatic carbocycles. The molecule has 158 valence electrons. The third kappa shape index (κ3) is 6.86. The molecule has 1 N–H and O–H groups in total. The summed E-state index contributed by atoms with van der Waals surface area (Å²) in [7, 11) is -0.298. The van der Waals surface area contributed by atoms with E-state index in [1.54, 1.807) is 43.5 Å². The first-order valence-electron chi connectivity index (χ1n) is 8.92. The van der Waals surface area contributed by atoms with Gasteiger partial charge in [0.1, 0.15) is 12.4 Å². The van der Waals surface area contributed by atoms with E-state index in [4.69, 9.17) is 14.2 Å². The van der Waals surface area contributed by atoms with Crippen LogP contribution in [-0.2, 0) is 14.8 Å². The number of anilines is 1. The number of hydrogen-bond donors (Lipinski definition) is 1. The number of benzene rings is 2. The fraction of sp³-hybridized carbons (Fsp3) is 0.350. The van der Waals surface area contributed by atoms with Crippen molar-refractivity contribution in [2.75, 3.05) is 37.9 Å². The van der Waals surface area contributed by atoms with Crippen LogP contribution >= 0.6 is 0 Å². The fourth-order valence-electron chi connectivity index (χ4n) is 2.40. The van der Waals surface area contributed by atoms with Crippen LogP contribution in [0.2, 0.25) is 0 Å². The highest BCUT2D eigenvalue weighted by atomic mass is 32.2. The Morgan fingerprint density at radius 2 is 1.69 bits per heavy atom. The van der Waals surface area contributed by atoms with Gasteiger partial charge in [-0.2, -0.15) is 0 Å². The summed E-state index contributed by atoms with van der Waals surface area (Å²) in [5.74, 6) is 1.40. The molecule has 2 aromatic rings. The standard InChI is InChI=1S/C20H26N2O6S/c1-15(13-28-19-8-6-5-7-18(19)26-3)21-20(23)14-27-17-11-9-16(10-12-17)22(2)29(4,24)25/h5-12,15H,13-14H2,1-4H3,(H,21,23). The summed E-state index contributed by atoms with van der Waals surface area (Å²) in [6.07, 6.45) is 1.13. The van der Waals surface area contributed by atoms with Crippen molar-refractivity contribution in [3.05, 3.63) is 48.5 Å². The molecule has 0 saturated heterocycles. The quantitative estimate of drug-likeness (QED) is 0.630. The Morgan fingerprint density at radius 3 is 2.28 bits per heavy atom. The van der Waals surface area contributed by atoms with Crippen LogP contribution in [-0.4, -0.2) is 54.0 Å². The molecule has 1 unspecified atom stereocenters. The van der Waals surface area contributed by atoms with E-state index in [-0.39, 0.29) is 25.2 Å². The lowest BCUT2D eigenvalue weighted by Gasteiger charge is -2.17. The molecule has 0 spiro atoms. The van der Waals surface area contributed by atoms with Gasteiger partial charge in [-0.15, -0.1) is 0 Å². The van der Waals surface area contributed by atoms with E-state index < -0.39 is 10.0 Å². The summed E-state index contributed by atoms with van der Waals surface area (Å²) in [6, 6.07) is 13.5. The van der Waals surface area contributed by atoms with E-state index in [0.717, 1.165) is 10.6 Å². The van der Waals surface area contributed by atoms with Gasteiger partial charge in [0, 0.05) is 7.05 Å². The van der Waals surface area contributed by atoms with Crippen molar-refractivity contribution in [1.82, 2.24) is 5.32 Å². The van der Waals surface area contributed by atoms with E-state index in [2.05, 4.69) is 5.32 Å². The SMILES string of the molecule is COc1ccccc1OCC(C)NC(=O)COc1ccc(N(C)S(C)(=O)=O)cc1. The van der Waals surface area contributed by atoms with Crippen LogP contribution in [0.25, 0.3) is 0 Å². The van der Waals surface area contributed by atoms with Crippen LogP contribution in [0.3, 0.4) is 0 Å². The average molecular weight is 423 g/mol. The molecule has 9 heteroatoms. The number of methoxy groups -OCH3 is 1. The number of ether oxygens (including phenoxy) is 3. The van der Waals surface area contributed by atoms with Crippen LogP contribution in [0.5, 0.6) is 17.2 Å². The van der Waals surface area contributed by atoms with Gasteiger partial charge in [-0.3, -0.25) is 9.10 Å². The monoisotopic (exact) mass is 422 g/mol. The lowest BCUT2D eigenvalue weighted by molar-refractivity contribution is -0.123. The number of hydrogen-bond acceptors (Lipinski definition) is 6. The third-order valence-electron chi connectivity index (χ3n) is 4.03. The number of sulfonamides is 1. The molecule has 0 radical (unpaired) electrons. The Labute approximate surface area is 171 Å². The Morgan fingerprint density at radius 1 is 1.07 bits per heavy atom. The van der Waals surface area contributed by atoms with Gasteiger partial charge in [-0.05, 0) is 43.3 Å². The van der Waals surface area contributed by atoms with Crippen molar-refractivity contribution in [2.24, 2.45) is 0 Å². The summed E-state index contributed by atoms with van der Waals surface area (Å²) in [6.45, 7) is 1.93. The first kappa shape index (κ1) is 22.4. The van der Waals surface area contributed by atoms with Gasteiger partial charge >= 0.3 is 0 Å². The normalized spacial score (nSPS) is 12.0. The van der Waals surface area contributed by atoms with Crippen molar-refractivity contribution < 1.29 is 27.4 Å². The summed E-state index contributed by atoms with van der Waals surface area (Å²) in [4.78, 5) is 12.1. The van der Waals surface area contributed by atoms with Crippen molar-refractivity contribution in [1.29, 1.82) is 0 Å². The molecule has 0 aliphatic heterocycles. The van der Waals surface area contributed by atoms with Crippen LogP contribution in [0.15, 0.2) is 48.5 Å². The molecule has 8 nitrogen and oxygen atoms in total. The number of nitrogens with zero attached hydrogens (tertiary/aromatic N) is 1. The zero-order valence-electron chi connectivity index (χ0n) is 16.9. The maximum atomic E-state index is 12.1. The van der Waals surface area contributed by atoms with Crippen LogP contribution in [0.4, 0.5) is 5.69 Å². The fourth-order valence-corrected chi connectivity index (χ4v) is 2.91. The smallest absolute Gasteiger partial charge is 0.258 e. The third-order valence-corrected chi connectivity index (χ3v) is 5.24. The minimum atomic E-state index is -3.33. The predicted octanol–water partition coefficient (Wildman–Crippen LogP) is 2.05. The highest BCUT2D eigenvalue weighted by Crippen LogP contribution is 2.25. The molecule has 0 aliphatic carbocycles. The predicted molar refractivity (Wildman–Crippen MR) is 111 cm³/mol. The zero-order chi connectivity index (χ0) is 21.4. The second-order valence-electron chi connectivity index (χ2n) is 6.44. The van der Waals surface area contributed by atoms with Gasteiger partial charge in [0.05, 0.1) is 25.1 Å². The van der Waals surface area contributed by atoms with Crippen molar-refractivity contribution >= 4 is 21.6 Å². The van der Waals surface area contributed by atoms with Gasteiger partial charge in [0.15, 0.2) is 18.1 Å². The number of nitrogens with one attached hydrogen (secondary N) is 1. The summed E-state index contributed by atoms with van der Waals surface area (Å²) in [5, 5.41) is 2.79. The van der Waals surface area contributed by atoms with Crippen LogP contribution in [0, 0.1) is 0 Å². The molecule has 0 heterocycles. The Hall–Kier alpha value is -2.94. The Balaban J connectivity index is 1.79. The second kappa shape index (κ2) is 10.0. The molecule has 1 amide bonds. The summed E-state index contributed by atoms with van der Waals surface area (Å²) >= 11 is 0. The molecular weight excluding hydrogens is 396 g/mol. The number of rotatable bonds is 10. The number of para-hydroxylation sites is 2. The molecule has 0 saturated carbocycles. The van der Waals surface area contributed by atoms with Crippen LogP contribution < -0.4 is 23.8 Å². The van der Waals surface area contributed by atoms with Gasteiger partial charge in [-0.25, -0.2) is 8.42 Å². The number of carbonyl (C=O) groups excluding carboxylic acids is 1. The van der Waals surface area contributed by atoms with E-state index in [1.165, 1.54) is 7.05 Å². The molecular formula is C20H26N2O6S. The molecule has 2 rings (SSSR count). The summed E-state index contributed by atoms with van der Waals surface area (Å²) < 4.78 is 40.6. The molecule has 29 heavy (non-hydrogen) atoms. The van der Waals surface area contributed by atoms with Gasteiger partial charge < -0.3 is 19.5 Å². The summed E-state index contributed by atoms with van der Waals surface area (Å²) in [5.41, 5.74) is 0.506. The number of carbonyl (C=O) groups is 1. The molecule has 1 atom stereocenters. The molecule has 0 aromatic heterocycles. The van der Waals surface area contributed by atoms with Crippen molar-refractivity contribution in [3.63, 3.8) is 0 Å². The van der Waals surface area contributed by atoms with Gasteiger partial charge in [0.2, 0.25) is 10.0 Å². The van der Waals surface area contributed by atoms with Gasteiger partial charge in [0.25, 0.3) is 5.91 Å². The number of amides is 1. The van der Waals surface area contributed by atoms with E-state index in [1.807, 2.05) is 19.1 Å². The van der Waals surface area contributed by atoms with Gasteiger partial charge in [-0.1, -0.05) is 12.1 Å². The highest BCUT2D eigenvalue weighted by Gasteiger charge is 2.13. The van der Waals surface area contributed by atoms with E-state index in [0.29, 0.717) is 22.9 Å². The molecule has 0 bridgehead atoms. The van der Waals surface area contributed by atoms with Crippen molar-refractivity contribution in [2.45, 2.75) is 13.0 Å². The Bertz CT molecular complexity index is 915. The zero-order valence-corrected chi connectivity index (χ0v) is 17.7. The average Bonchev–Trinajstić information content (AvgIpc) is 2.70. The molecule has 0 fully saturated rings. The van der Waals surface area contributed by atoms with E-state index >= 15 is 0 Å². The largest absolute Gasteiger partial charge is 0.493 e. The first-order valence-corrected chi connectivity index (χ1v) is 10.8. The van der Waals surface area contributed by atoms with E-state index in [9.17, 15) is 13.2 Å². The van der Waals surface area contributed by atoms with Crippen LogP contribution in [0.1, 0.15) is 6.92 Å². The Kier molecular flexibility index (Phi) is 7.72. The maximum absolute atomic E-state index is 12.1. The topological polar surface area (TPSA) is 94.2 Å². The maximum Gasteiger partial charge on any atom is 0.258 e. The van der Waals surface area contributed by atoms with Crippen molar-refractivity contribution in [3.8, 4) is 17.2 Å². The minimum Gasteiger partial charge on any atom is -0.493 e. The first-order chi connectivity index (χ1) is 13.7. The second-order valence-corrected chi connectivity index (χ2v) is 8.46. The lowest BCUT2D eigenvalue weighted by atomic mass is 10.3. The molecule has 0 aliphatic rings. The highest BCUT2D eigenvalue weighted by molar-refractivity contribution is 7.92. The minimum absolute atomic E-state index is 0.166. The lowest BCUT2D eigenvalue weighted by Crippen LogP contribution is -2.39.